The number of nitrogens with zero attached hydrogens (tertiary/aromatic N) is 1. The first-order valence-corrected chi connectivity index (χ1v) is 4.59. The molecule has 3 N–H and O–H groups in total. The number of aliphatic carboxylic acids is 1. The molecule has 0 saturated heterocycles. The molecule has 0 amide bonds. The van der Waals surface area contributed by atoms with Crippen molar-refractivity contribution in [3.63, 3.8) is 0 Å². The van der Waals surface area contributed by atoms with E-state index < -0.39 is 5.97 Å². The normalized spacial score (nSPS) is 13.7. The number of likely N-dealkylation sites (N-methyl/N-ethyl adjacent to an activating group) is 1. The van der Waals surface area contributed by atoms with Gasteiger partial charge >= 0.3 is 5.97 Å². The summed E-state index contributed by atoms with van der Waals surface area (Å²) in [7, 11) is 1.79. The Morgan fingerprint density at radius 1 is 1.54 bits per heavy atom. The van der Waals surface area contributed by atoms with Crippen molar-refractivity contribution in [2.75, 3.05) is 20.1 Å². The maximum absolute atomic E-state index is 10.3. The van der Waals surface area contributed by atoms with Crippen LogP contribution in [0.25, 0.3) is 0 Å². The molecule has 0 fully saturated rings. The molecule has 0 aromatic carbocycles. The van der Waals surface area contributed by atoms with Gasteiger partial charge in [-0.05, 0) is 25.9 Å². The summed E-state index contributed by atoms with van der Waals surface area (Å²) in [5.41, 5.74) is 5.82. The van der Waals surface area contributed by atoms with Crippen LogP contribution in [0.2, 0.25) is 0 Å². The Balaban J connectivity index is 3.57. The number of hydrogen-bond acceptors (Lipinski definition) is 3. The maximum Gasteiger partial charge on any atom is 0.317 e. The molecule has 0 spiro atoms. The fraction of sp³-hybridized carbons (Fsp3) is 0.889. The van der Waals surface area contributed by atoms with Gasteiger partial charge in [0.25, 0.3) is 0 Å². The Kier molecular flexibility index (Phi) is 5.66. The van der Waals surface area contributed by atoms with Crippen LogP contribution < -0.4 is 5.73 Å². The van der Waals surface area contributed by atoms with Crippen molar-refractivity contribution in [2.24, 2.45) is 11.7 Å². The monoisotopic (exact) mass is 188 g/mol. The van der Waals surface area contributed by atoms with Crippen LogP contribution in [0.1, 0.15) is 20.3 Å². The highest BCUT2D eigenvalue weighted by molar-refractivity contribution is 5.68. The molecule has 0 aromatic rings. The van der Waals surface area contributed by atoms with Crippen LogP contribution in [0, 0.1) is 5.92 Å². The van der Waals surface area contributed by atoms with E-state index >= 15 is 0 Å². The van der Waals surface area contributed by atoms with E-state index in [2.05, 4.69) is 13.8 Å². The number of nitrogens with two attached hydrogens (primary N) is 1. The molecule has 0 saturated carbocycles. The van der Waals surface area contributed by atoms with Gasteiger partial charge in [-0.15, -0.1) is 0 Å². The number of carbonyl (C=O) groups is 1. The zero-order valence-electron chi connectivity index (χ0n) is 8.66. The highest BCUT2D eigenvalue weighted by Crippen LogP contribution is 2.03. The van der Waals surface area contributed by atoms with E-state index in [0.717, 1.165) is 13.0 Å². The Labute approximate surface area is 79.7 Å². The van der Waals surface area contributed by atoms with E-state index in [1.165, 1.54) is 0 Å². The smallest absolute Gasteiger partial charge is 0.317 e. The van der Waals surface area contributed by atoms with Crippen molar-refractivity contribution in [3.05, 3.63) is 0 Å². The molecule has 4 nitrogen and oxygen atoms in total. The molecule has 0 aliphatic rings. The Hall–Kier alpha value is -0.610. The van der Waals surface area contributed by atoms with Crippen LogP contribution in [-0.2, 0) is 4.79 Å². The van der Waals surface area contributed by atoms with Gasteiger partial charge in [0.2, 0.25) is 0 Å². The molecule has 0 rings (SSSR count). The minimum Gasteiger partial charge on any atom is -0.480 e. The second-order valence-electron chi connectivity index (χ2n) is 3.83. The summed E-state index contributed by atoms with van der Waals surface area (Å²) in [6.45, 7) is 4.97. The highest BCUT2D eigenvalue weighted by atomic mass is 16.4. The Morgan fingerprint density at radius 3 is 2.46 bits per heavy atom. The number of rotatable bonds is 6. The molecule has 0 heterocycles. The van der Waals surface area contributed by atoms with Gasteiger partial charge in [0.05, 0.1) is 6.54 Å². The Morgan fingerprint density at radius 2 is 2.08 bits per heavy atom. The summed E-state index contributed by atoms with van der Waals surface area (Å²) in [5.74, 6) is -0.334. The van der Waals surface area contributed by atoms with Crippen LogP contribution in [0.15, 0.2) is 0 Å². The van der Waals surface area contributed by atoms with Crippen molar-refractivity contribution in [1.82, 2.24) is 4.90 Å². The van der Waals surface area contributed by atoms with Gasteiger partial charge in [-0.1, -0.05) is 13.8 Å². The molecule has 1 atom stereocenters. The van der Waals surface area contributed by atoms with Crippen molar-refractivity contribution >= 4 is 5.97 Å². The summed E-state index contributed by atoms with van der Waals surface area (Å²) in [6, 6.07) is 0.163. The predicted molar refractivity (Wildman–Crippen MR) is 52.6 cm³/mol. The molecule has 13 heavy (non-hydrogen) atoms. The molecular weight excluding hydrogens is 168 g/mol. The van der Waals surface area contributed by atoms with Gasteiger partial charge in [-0.2, -0.15) is 0 Å². The lowest BCUT2D eigenvalue weighted by Gasteiger charge is -2.19. The average molecular weight is 188 g/mol. The third-order valence-corrected chi connectivity index (χ3v) is 2.11. The lowest BCUT2D eigenvalue weighted by Crippen LogP contribution is -2.33. The molecule has 0 bridgehead atoms. The molecule has 78 valence electrons. The third kappa shape index (κ3) is 6.54. The largest absolute Gasteiger partial charge is 0.480 e. The molecular formula is C9H20N2O2. The van der Waals surface area contributed by atoms with Crippen LogP contribution in [0.3, 0.4) is 0 Å². The number of carboxylic acid groups (broad SMARTS) is 1. The summed E-state index contributed by atoms with van der Waals surface area (Å²) < 4.78 is 0. The SMILES string of the molecule is CC(C)C(N)CCN(C)CC(=O)O. The zero-order valence-corrected chi connectivity index (χ0v) is 8.66. The Bertz CT molecular complexity index is 160. The van der Waals surface area contributed by atoms with E-state index in [1.807, 2.05) is 0 Å². The van der Waals surface area contributed by atoms with Gasteiger partial charge in [-0.3, -0.25) is 9.69 Å². The van der Waals surface area contributed by atoms with E-state index in [9.17, 15) is 4.79 Å². The standard InChI is InChI=1S/C9H20N2O2/c1-7(2)8(10)4-5-11(3)6-9(12)13/h7-8H,4-6,10H2,1-3H3,(H,12,13). The van der Waals surface area contributed by atoms with Gasteiger partial charge in [-0.25, -0.2) is 0 Å². The highest BCUT2D eigenvalue weighted by Gasteiger charge is 2.10. The molecule has 0 radical (unpaired) electrons. The quantitative estimate of drug-likeness (QED) is 0.632. The van der Waals surface area contributed by atoms with Gasteiger partial charge in [0, 0.05) is 6.04 Å². The minimum atomic E-state index is -0.791. The molecule has 4 heteroatoms. The lowest BCUT2D eigenvalue weighted by atomic mass is 10.0. The second kappa shape index (κ2) is 5.94. The number of carboxylic acids is 1. The lowest BCUT2D eigenvalue weighted by molar-refractivity contribution is -0.138. The fourth-order valence-corrected chi connectivity index (χ4v) is 1.01. The van der Waals surface area contributed by atoms with E-state index in [0.29, 0.717) is 5.92 Å². The van der Waals surface area contributed by atoms with Crippen LogP contribution in [0.4, 0.5) is 0 Å². The predicted octanol–water partition coefficient (Wildman–Crippen LogP) is 0.376. The maximum atomic E-state index is 10.3. The summed E-state index contributed by atoms with van der Waals surface area (Å²) >= 11 is 0. The van der Waals surface area contributed by atoms with Gasteiger partial charge in [0.1, 0.15) is 0 Å². The van der Waals surface area contributed by atoms with Crippen LogP contribution >= 0.6 is 0 Å². The molecule has 1 unspecified atom stereocenters. The van der Waals surface area contributed by atoms with Crippen molar-refractivity contribution in [3.8, 4) is 0 Å². The third-order valence-electron chi connectivity index (χ3n) is 2.11. The zero-order chi connectivity index (χ0) is 10.4. The summed E-state index contributed by atoms with van der Waals surface area (Å²) in [6.07, 6.45) is 0.849. The van der Waals surface area contributed by atoms with Gasteiger partial charge in [0.15, 0.2) is 0 Å². The van der Waals surface area contributed by atoms with Crippen LogP contribution in [0.5, 0.6) is 0 Å². The average Bonchev–Trinajstić information content (AvgIpc) is 1.98. The molecule has 0 aliphatic heterocycles. The first kappa shape index (κ1) is 12.4. The topological polar surface area (TPSA) is 66.6 Å². The van der Waals surface area contributed by atoms with Crippen molar-refractivity contribution in [2.45, 2.75) is 26.3 Å². The van der Waals surface area contributed by atoms with Gasteiger partial charge < -0.3 is 10.8 Å². The molecule has 0 aromatic heterocycles. The van der Waals surface area contributed by atoms with Crippen molar-refractivity contribution in [1.29, 1.82) is 0 Å². The summed E-state index contributed by atoms with van der Waals surface area (Å²) in [5, 5.41) is 8.49. The first-order chi connectivity index (χ1) is 5.93. The second-order valence-corrected chi connectivity index (χ2v) is 3.83. The number of hydrogen-bond donors (Lipinski definition) is 2. The van der Waals surface area contributed by atoms with E-state index in [4.69, 9.17) is 10.8 Å². The van der Waals surface area contributed by atoms with E-state index in [-0.39, 0.29) is 12.6 Å². The molecule has 0 aliphatic carbocycles. The minimum absolute atomic E-state index is 0.0881. The van der Waals surface area contributed by atoms with Crippen LogP contribution in [-0.4, -0.2) is 42.2 Å². The van der Waals surface area contributed by atoms with E-state index in [1.54, 1.807) is 11.9 Å². The van der Waals surface area contributed by atoms with Crippen molar-refractivity contribution < 1.29 is 9.90 Å². The first-order valence-electron chi connectivity index (χ1n) is 4.59. The fourth-order valence-electron chi connectivity index (χ4n) is 1.01. The summed E-state index contributed by atoms with van der Waals surface area (Å²) in [4.78, 5) is 12.1.